The Hall–Kier alpha value is -3.29. The maximum Gasteiger partial charge on any atom is 0.308 e. The Balaban J connectivity index is 1.82. The quantitative estimate of drug-likeness (QED) is 0.671. The third-order valence-corrected chi connectivity index (χ3v) is 3.88. The van der Waals surface area contributed by atoms with E-state index in [1.165, 1.54) is 4.52 Å². The van der Waals surface area contributed by atoms with Crippen molar-refractivity contribution in [2.45, 2.75) is 39.3 Å². The van der Waals surface area contributed by atoms with E-state index >= 15 is 0 Å². The molecule has 8 nitrogen and oxygen atoms in total. The zero-order valence-electron chi connectivity index (χ0n) is 15.4. The van der Waals surface area contributed by atoms with E-state index in [2.05, 4.69) is 20.4 Å². The van der Waals surface area contributed by atoms with Crippen LogP contribution in [-0.2, 0) is 9.53 Å². The van der Waals surface area contributed by atoms with Crippen molar-refractivity contribution in [3.05, 3.63) is 59.7 Å². The predicted molar refractivity (Wildman–Crippen MR) is 98.0 cm³/mol. The van der Waals surface area contributed by atoms with E-state index in [9.17, 15) is 9.59 Å². The van der Waals surface area contributed by atoms with Crippen LogP contribution in [0.3, 0.4) is 0 Å². The first-order valence-corrected chi connectivity index (χ1v) is 8.67. The molecule has 2 heterocycles. The van der Waals surface area contributed by atoms with Crippen LogP contribution in [0.25, 0.3) is 5.78 Å². The van der Waals surface area contributed by atoms with Crippen LogP contribution in [0.4, 0.5) is 0 Å². The molecule has 0 spiro atoms. The van der Waals surface area contributed by atoms with Gasteiger partial charge in [-0.2, -0.15) is 4.98 Å². The van der Waals surface area contributed by atoms with Crippen molar-refractivity contribution in [1.29, 1.82) is 0 Å². The van der Waals surface area contributed by atoms with Crippen LogP contribution in [0.1, 0.15) is 48.2 Å². The number of aryl methyl sites for hydroxylation is 1. The Morgan fingerprint density at radius 1 is 1.19 bits per heavy atom. The lowest BCUT2D eigenvalue weighted by Crippen LogP contribution is -2.31. The lowest BCUT2D eigenvalue weighted by molar-refractivity contribution is -0.147. The molecule has 1 aromatic carbocycles. The van der Waals surface area contributed by atoms with Crippen molar-refractivity contribution < 1.29 is 14.3 Å². The largest absolute Gasteiger partial charge is 0.463 e. The van der Waals surface area contributed by atoms with Gasteiger partial charge in [-0.1, -0.05) is 30.3 Å². The maximum absolute atomic E-state index is 12.7. The van der Waals surface area contributed by atoms with E-state index in [-0.39, 0.29) is 24.3 Å². The van der Waals surface area contributed by atoms with Crippen molar-refractivity contribution in [2.24, 2.45) is 0 Å². The number of nitrogens with zero attached hydrogens (tertiary/aromatic N) is 4. The molecule has 1 amide bonds. The van der Waals surface area contributed by atoms with Crippen LogP contribution < -0.4 is 5.32 Å². The SMILES string of the molecule is Cc1ccnc2nc(C(=O)N[C@H](CC(=O)OC(C)C)c3ccccc3)nn12. The summed E-state index contributed by atoms with van der Waals surface area (Å²) in [4.78, 5) is 33.1. The minimum absolute atomic E-state index is 0.00467. The Kier molecular flexibility index (Phi) is 5.44. The summed E-state index contributed by atoms with van der Waals surface area (Å²) >= 11 is 0. The lowest BCUT2D eigenvalue weighted by atomic mass is 10.0. The average Bonchev–Trinajstić information content (AvgIpc) is 3.07. The predicted octanol–water partition coefficient (Wildman–Crippen LogP) is 2.25. The van der Waals surface area contributed by atoms with Gasteiger partial charge in [-0.15, -0.1) is 5.10 Å². The van der Waals surface area contributed by atoms with Crippen LogP contribution in [0.2, 0.25) is 0 Å². The topological polar surface area (TPSA) is 98.5 Å². The van der Waals surface area contributed by atoms with Gasteiger partial charge >= 0.3 is 5.97 Å². The van der Waals surface area contributed by atoms with Gasteiger partial charge in [0.1, 0.15) is 0 Å². The smallest absolute Gasteiger partial charge is 0.308 e. The fourth-order valence-corrected chi connectivity index (χ4v) is 2.64. The number of fused-ring (bicyclic) bond motifs is 1. The Bertz CT molecular complexity index is 952. The summed E-state index contributed by atoms with van der Waals surface area (Å²) in [6.07, 6.45) is 1.40. The van der Waals surface area contributed by atoms with Crippen molar-refractivity contribution >= 4 is 17.7 Å². The van der Waals surface area contributed by atoms with Gasteiger partial charge in [0.15, 0.2) is 0 Å². The van der Waals surface area contributed by atoms with E-state index in [0.717, 1.165) is 11.3 Å². The molecule has 0 radical (unpaired) electrons. The molecule has 0 aliphatic heterocycles. The summed E-state index contributed by atoms with van der Waals surface area (Å²) in [5.41, 5.74) is 1.61. The molecule has 0 bridgehead atoms. The van der Waals surface area contributed by atoms with Crippen molar-refractivity contribution in [3.8, 4) is 0 Å². The third kappa shape index (κ3) is 4.46. The fraction of sp³-hybridized carbons (Fsp3) is 0.316. The van der Waals surface area contributed by atoms with Gasteiger partial charge < -0.3 is 10.1 Å². The Labute approximate surface area is 156 Å². The highest BCUT2D eigenvalue weighted by atomic mass is 16.5. The maximum atomic E-state index is 12.7. The van der Waals surface area contributed by atoms with E-state index in [0.29, 0.717) is 5.78 Å². The molecule has 3 aromatic rings. The highest BCUT2D eigenvalue weighted by Gasteiger charge is 2.23. The number of hydrogen-bond donors (Lipinski definition) is 1. The Morgan fingerprint density at radius 2 is 1.93 bits per heavy atom. The monoisotopic (exact) mass is 367 g/mol. The molecule has 140 valence electrons. The summed E-state index contributed by atoms with van der Waals surface area (Å²) in [5.74, 6) is -0.531. The fourth-order valence-electron chi connectivity index (χ4n) is 2.64. The summed E-state index contributed by atoms with van der Waals surface area (Å²) in [5, 5.41) is 7.03. The van der Waals surface area contributed by atoms with Gasteiger partial charge in [0, 0.05) is 11.9 Å². The second-order valence-corrected chi connectivity index (χ2v) is 6.41. The first-order valence-electron chi connectivity index (χ1n) is 8.67. The van der Waals surface area contributed by atoms with Crippen LogP contribution in [-0.4, -0.2) is 37.6 Å². The number of hydrogen-bond acceptors (Lipinski definition) is 6. The standard InChI is InChI=1S/C19H21N5O3/c1-12(2)27-16(25)11-15(14-7-5-4-6-8-14)21-18(26)17-22-19-20-10-9-13(3)24(19)23-17/h4-10,12,15H,11H2,1-3H3,(H,21,26)/t15-/m1/s1. The minimum atomic E-state index is -0.550. The lowest BCUT2D eigenvalue weighted by Gasteiger charge is -2.18. The molecular formula is C19H21N5O3. The average molecular weight is 367 g/mol. The summed E-state index contributed by atoms with van der Waals surface area (Å²) in [6.45, 7) is 5.41. The number of benzene rings is 1. The van der Waals surface area contributed by atoms with Gasteiger partial charge in [-0.25, -0.2) is 9.50 Å². The van der Waals surface area contributed by atoms with Crippen LogP contribution in [0.15, 0.2) is 42.6 Å². The first-order chi connectivity index (χ1) is 12.9. The molecule has 27 heavy (non-hydrogen) atoms. The molecule has 0 saturated carbocycles. The van der Waals surface area contributed by atoms with E-state index in [1.807, 2.05) is 37.3 Å². The summed E-state index contributed by atoms with van der Waals surface area (Å²) in [7, 11) is 0. The summed E-state index contributed by atoms with van der Waals surface area (Å²) in [6, 6.07) is 10.5. The first kappa shape index (κ1) is 18.5. The molecule has 0 saturated heterocycles. The van der Waals surface area contributed by atoms with Crippen LogP contribution in [0, 0.1) is 6.92 Å². The molecule has 0 unspecified atom stereocenters. The molecule has 0 aliphatic carbocycles. The highest BCUT2D eigenvalue weighted by molar-refractivity contribution is 5.91. The number of carbonyl (C=O) groups excluding carboxylic acids is 2. The second kappa shape index (κ2) is 7.94. The minimum Gasteiger partial charge on any atom is -0.463 e. The third-order valence-electron chi connectivity index (χ3n) is 3.88. The molecule has 1 N–H and O–H groups in total. The number of ether oxygens (including phenoxy) is 1. The molecule has 0 fully saturated rings. The second-order valence-electron chi connectivity index (χ2n) is 6.41. The zero-order chi connectivity index (χ0) is 19.4. The van der Waals surface area contributed by atoms with E-state index in [1.54, 1.807) is 26.1 Å². The Morgan fingerprint density at radius 3 is 2.59 bits per heavy atom. The van der Waals surface area contributed by atoms with Gasteiger partial charge in [0.2, 0.25) is 5.82 Å². The number of rotatable bonds is 6. The molecule has 0 aliphatic rings. The number of nitrogens with one attached hydrogen (secondary N) is 1. The highest BCUT2D eigenvalue weighted by Crippen LogP contribution is 2.18. The van der Waals surface area contributed by atoms with Crippen molar-refractivity contribution in [2.75, 3.05) is 0 Å². The molecular weight excluding hydrogens is 346 g/mol. The van der Waals surface area contributed by atoms with Crippen LogP contribution in [0.5, 0.6) is 0 Å². The van der Waals surface area contributed by atoms with Gasteiger partial charge in [0.05, 0.1) is 18.6 Å². The summed E-state index contributed by atoms with van der Waals surface area (Å²) < 4.78 is 6.72. The molecule has 2 aromatic heterocycles. The van der Waals surface area contributed by atoms with Crippen LogP contribution >= 0.6 is 0 Å². The van der Waals surface area contributed by atoms with E-state index < -0.39 is 11.9 Å². The van der Waals surface area contributed by atoms with Crippen molar-refractivity contribution in [1.82, 2.24) is 24.9 Å². The van der Waals surface area contributed by atoms with E-state index in [4.69, 9.17) is 4.74 Å². The molecule has 8 heteroatoms. The van der Waals surface area contributed by atoms with Crippen molar-refractivity contribution in [3.63, 3.8) is 0 Å². The zero-order valence-corrected chi connectivity index (χ0v) is 15.4. The van der Waals surface area contributed by atoms with Gasteiger partial charge in [-0.3, -0.25) is 9.59 Å². The number of amides is 1. The van der Waals surface area contributed by atoms with Gasteiger partial charge in [-0.05, 0) is 32.4 Å². The normalized spacial score (nSPS) is 12.1. The van der Waals surface area contributed by atoms with Gasteiger partial charge in [0.25, 0.3) is 11.7 Å². The molecule has 1 atom stereocenters. The molecule has 3 rings (SSSR count). The number of aromatic nitrogens is 4. The number of esters is 1. The number of carbonyl (C=O) groups is 2.